The summed E-state index contributed by atoms with van der Waals surface area (Å²) in [7, 11) is 4.51. The SMILES string of the molecule is CC[As](CC)(CC)N(C)C. The van der Waals surface area contributed by atoms with Crippen LogP contribution in [-0.4, -0.2) is 31.7 Å². The molecule has 1 radical (unpaired) electrons. The predicted octanol–water partition coefficient (Wildman–Crippen LogP) is 2.55. The van der Waals surface area contributed by atoms with Gasteiger partial charge in [-0.3, -0.25) is 0 Å². The minimum atomic E-state index is -1.30. The molecule has 63 valence electrons. The Bertz CT molecular complexity index is 79.0. The molecule has 0 fully saturated rings. The van der Waals surface area contributed by atoms with E-state index in [1.165, 1.54) is 15.6 Å². The van der Waals surface area contributed by atoms with Crippen molar-refractivity contribution in [1.82, 2.24) is 3.82 Å². The summed E-state index contributed by atoms with van der Waals surface area (Å²) in [5.74, 6) is 0. The molecule has 1 nitrogen and oxygen atoms in total. The van der Waals surface area contributed by atoms with Gasteiger partial charge in [-0.2, -0.15) is 0 Å². The van der Waals surface area contributed by atoms with Gasteiger partial charge in [-0.25, -0.2) is 0 Å². The Hall–Kier alpha value is 0.518. The maximum absolute atomic E-state index is 2.53. The summed E-state index contributed by atoms with van der Waals surface area (Å²) in [5.41, 5.74) is 0. The summed E-state index contributed by atoms with van der Waals surface area (Å²) in [4.78, 5) is 0. The van der Waals surface area contributed by atoms with Crippen LogP contribution < -0.4 is 0 Å². The van der Waals surface area contributed by atoms with E-state index in [9.17, 15) is 0 Å². The zero-order valence-electron chi connectivity index (χ0n) is 8.02. The monoisotopic (exact) mass is 206 g/mol. The number of nitrogens with zero attached hydrogens (tertiary/aromatic N) is 1. The molecule has 0 saturated carbocycles. The van der Waals surface area contributed by atoms with E-state index in [1.807, 2.05) is 0 Å². The van der Waals surface area contributed by atoms with Crippen LogP contribution in [-0.2, 0) is 0 Å². The summed E-state index contributed by atoms with van der Waals surface area (Å²) in [6.45, 7) is 7.04. The van der Waals surface area contributed by atoms with Gasteiger partial charge in [0.05, 0.1) is 0 Å². The Balaban J connectivity index is 4.15. The second-order valence-corrected chi connectivity index (χ2v) is 13.1. The van der Waals surface area contributed by atoms with E-state index < -0.39 is 13.8 Å². The van der Waals surface area contributed by atoms with Gasteiger partial charge in [0.25, 0.3) is 0 Å². The molecule has 0 aliphatic rings. The van der Waals surface area contributed by atoms with Gasteiger partial charge in [-0.15, -0.1) is 0 Å². The fourth-order valence-corrected chi connectivity index (χ4v) is 7.89. The van der Waals surface area contributed by atoms with E-state index >= 15 is 0 Å². The van der Waals surface area contributed by atoms with E-state index in [-0.39, 0.29) is 0 Å². The van der Waals surface area contributed by atoms with Crippen LogP contribution in [0.4, 0.5) is 0 Å². The topological polar surface area (TPSA) is 3.24 Å². The predicted molar refractivity (Wildman–Crippen MR) is 50.9 cm³/mol. The number of rotatable bonds is 4. The van der Waals surface area contributed by atoms with Crippen molar-refractivity contribution in [2.24, 2.45) is 0 Å². The molecule has 0 aromatic rings. The van der Waals surface area contributed by atoms with E-state index in [4.69, 9.17) is 0 Å². The van der Waals surface area contributed by atoms with Crippen molar-refractivity contribution >= 4 is 13.8 Å². The summed E-state index contributed by atoms with van der Waals surface area (Å²) in [6.07, 6.45) is 0. The molecule has 0 heterocycles. The molecular formula is C8H21AsN. The van der Waals surface area contributed by atoms with Crippen LogP contribution >= 0.6 is 0 Å². The molecule has 0 rings (SSSR count). The van der Waals surface area contributed by atoms with Crippen LogP contribution in [0, 0.1) is 0 Å². The minimum absolute atomic E-state index is 1.30. The second kappa shape index (κ2) is 4.41. The average Bonchev–Trinajstić information content (AvgIpc) is 1.92. The Kier molecular flexibility index (Phi) is 4.64. The molecular weight excluding hydrogens is 185 g/mol. The van der Waals surface area contributed by atoms with Crippen LogP contribution in [0.1, 0.15) is 20.8 Å². The van der Waals surface area contributed by atoms with Crippen molar-refractivity contribution < 1.29 is 0 Å². The van der Waals surface area contributed by atoms with E-state index in [0.717, 1.165) is 0 Å². The van der Waals surface area contributed by atoms with Crippen LogP contribution in [0.15, 0.2) is 0 Å². The summed E-state index contributed by atoms with van der Waals surface area (Å²) in [5, 5.41) is 4.29. The van der Waals surface area contributed by atoms with Gasteiger partial charge < -0.3 is 0 Å². The fraction of sp³-hybridized carbons (Fsp3) is 1.00. The molecule has 0 aromatic carbocycles. The quantitative estimate of drug-likeness (QED) is 0.639. The summed E-state index contributed by atoms with van der Waals surface area (Å²) >= 11 is -1.30. The van der Waals surface area contributed by atoms with Gasteiger partial charge in [0.15, 0.2) is 0 Å². The first-order valence-corrected chi connectivity index (χ1v) is 8.98. The molecule has 10 heavy (non-hydrogen) atoms. The molecule has 0 aromatic heterocycles. The van der Waals surface area contributed by atoms with E-state index in [1.54, 1.807) is 0 Å². The average molecular weight is 206 g/mol. The number of hydrogen-bond acceptors (Lipinski definition) is 1. The standard InChI is InChI=1S/C8H21AsN/c1-6-9(7-2,8-3)10(4)5/h6-8H2,1-5H3. The van der Waals surface area contributed by atoms with E-state index in [2.05, 4.69) is 38.7 Å². The fourth-order valence-electron chi connectivity index (χ4n) is 1.52. The van der Waals surface area contributed by atoms with Gasteiger partial charge >= 0.3 is 68.1 Å². The molecule has 2 heteroatoms. The van der Waals surface area contributed by atoms with Crippen molar-refractivity contribution in [2.45, 2.75) is 36.4 Å². The van der Waals surface area contributed by atoms with Crippen molar-refractivity contribution in [3.8, 4) is 0 Å². The van der Waals surface area contributed by atoms with Gasteiger partial charge in [0.2, 0.25) is 0 Å². The molecule has 0 N–H and O–H groups in total. The Morgan fingerprint density at radius 2 is 1.20 bits per heavy atom. The third-order valence-electron chi connectivity index (χ3n) is 2.61. The first kappa shape index (κ1) is 10.5. The molecule has 0 aliphatic carbocycles. The number of hydrogen-bond donors (Lipinski definition) is 0. The van der Waals surface area contributed by atoms with Gasteiger partial charge in [0, 0.05) is 0 Å². The van der Waals surface area contributed by atoms with Crippen LogP contribution in [0.3, 0.4) is 0 Å². The Labute approximate surface area is 68.5 Å². The maximum atomic E-state index is 2.53. The first-order chi connectivity index (χ1) is 4.63. The van der Waals surface area contributed by atoms with Gasteiger partial charge in [-0.05, 0) is 0 Å². The molecule has 0 amide bonds. The Morgan fingerprint density at radius 1 is 0.900 bits per heavy atom. The normalized spacial score (nSPS) is 12.6. The van der Waals surface area contributed by atoms with Crippen LogP contribution in [0.25, 0.3) is 0 Å². The molecule has 0 unspecified atom stereocenters. The van der Waals surface area contributed by atoms with Gasteiger partial charge in [0.1, 0.15) is 0 Å². The first-order valence-electron chi connectivity index (χ1n) is 4.16. The van der Waals surface area contributed by atoms with E-state index in [0.29, 0.717) is 0 Å². The van der Waals surface area contributed by atoms with Crippen molar-refractivity contribution in [1.29, 1.82) is 0 Å². The van der Waals surface area contributed by atoms with Crippen LogP contribution in [0.2, 0.25) is 15.6 Å². The third-order valence-corrected chi connectivity index (χ3v) is 13.6. The zero-order chi connectivity index (χ0) is 8.20. The summed E-state index contributed by atoms with van der Waals surface area (Å²) in [6, 6.07) is 0. The van der Waals surface area contributed by atoms with Crippen molar-refractivity contribution in [2.75, 3.05) is 14.1 Å². The molecule has 0 atom stereocenters. The van der Waals surface area contributed by atoms with Crippen molar-refractivity contribution in [3.05, 3.63) is 0 Å². The molecule has 0 saturated heterocycles. The second-order valence-electron chi connectivity index (χ2n) is 2.89. The zero-order valence-corrected chi connectivity index (χ0v) is 9.89. The van der Waals surface area contributed by atoms with Gasteiger partial charge in [-0.1, -0.05) is 0 Å². The van der Waals surface area contributed by atoms with Crippen LogP contribution in [0.5, 0.6) is 0 Å². The summed E-state index contributed by atoms with van der Waals surface area (Å²) < 4.78 is 2.53. The third kappa shape index (κ3) is 2.00. The van der Waals surface area contributed by atoms with Crippen molar-refractivity contribution in [3.63, 3.8) is 0 Å². The Morgan fingerprint density at radius 3 is 1.20 bits per heavy atom. The molecule has 0 bridgehead atoms. The molecule has 0 spiro atoms. The molecule has 0 aliphatic heterocycles.